The molecule has 2 atom stereocenters. The van der Waals surface area contributed by atoms with Crippen molar-refractivity contribution < 1.29 is 9.59 Å². The molecule has 27 heavy (non-hydrogen) atoms. The number of nitrogens with one attached hydrogen (secondary N) is 2. The Morgan fingerprint density at radius 2 is 1.63 bits per heavy atom. The van der Waals surface area contributed by atoms with Crippen LogP contribution < -0.4 is 10.6 Å². The number of hydrogen-bond donors (Lipinski definition) is 2. The SMILES string of the molecule is CC(=O)N[C@H](CC(=O)N[C@H](C)c1ccc2c(c1)CCCC2)c1ccccc1. The summed E-state index contributed by atoms with van der Waals surface area (Å²) in [5.41, 5.74) is 4.93. The van der Waals surface area contributed by atoms with E-state index in [-0.39, 0.29) is 30.3 Å². The van der Waals surface area contributed by atoms with E-state index in [1.54, 1.807) is 0 Å². The van der Waals surface area contributed by atoms with E-state index < -0.39 is 0 Å². The lowest BCUT2D eigenvalue weighted by molar-refractivity contribution is -0.123. The van der Waals surface area contributed by atoms with Crippen LogP contribution in [0.15, 0.2) is 48.5 Å². The molecule has 2 aromatic carbocycles. The number of rotatable bonds is 6. The van der Waals surface area contributed by atoms with Crippen LogP contribution in [0.3, 0.4) is 0 Å². The summed E-state index contributed by atoms with van der Waals surface area (Å²) in [6.07, 6.45) is 5.02. The summed E-state index contributed by atoms with van der Waals surface area (Å²) in [5.74, 6) is -0.206. The van der Waals surface area contributed by atoms with Crippen LogP contribution in [0.4, 0.5) is 0 Å². The summed E-state index contributed by atoms with van der Waals surface area (Å²) in [6, 6.07) is 15.8. The maximum Gasteiger partial charge on any atom is 0.222 e. The van der Waals surface area contributed by atoms with Crippen molar-refractivity contribution in [2.45, 2.75) is 58.0 Å². The average Bonchev–Trinajstić information content (AvgIpc) is 2.67. The van der Waals surface area contributed by atoms with Crippen molar-refractivity contribution in [1.82, 2.24) is 10.6 Å². The third-order valence-corrected chi connectivity index (χ3v) is 5.22. The Morgan fingerprint density at radius 1 is 0.926 bits per heavy atom. The fourth-order valence-corrected chi connectivity index (χ4v) is 3.77. The zero-order valence-corrected chi connectivity index (χ0v) is 16.1. The van der Waals surface area contributed by atoms with Crippen molar-refractivity contribution in [3.63, 3.8) is 0 Å². The molecule has 0 unspecified atom stereocenters. The summed E-state index contributed by atoms with van der Waals surface area (Å²) in [5, 5.41) is 5.97. The van der Waals surface area contributed by atoms with Gasteiger partial charge >= 0.3 is 0 Å². The first-order chi connectivity index (χ1) is 13.0. The molecule has 0 bridgehead atoms. The molecule has 0 saturated heterocycles. The van der Waals surface area contributed by atoms with E-state index in [9.17, 15) is 9.59 Å². The van der Waals surface area contributed by atoms with E-state index in [2.05, 4.69) is 28.8 Å². The molecular weight excluding hydrogens is 336 g/mol. The standard InChI is InChI=1S/C23H28N2O2/c1-16(20-13-12-18-8-6-7-11-21(18)14-20)24-23(27)15-22(25-17(2)26)19-9-4-3-5-10-19/h3-5,9-10,12-14,16,22H,6-8,11,15H2,1-2H3,(H,24,27)(H,25,26)/t16-,22-/m1/s1. The van der Waals surface area contributed by atoms with Gasteiger partial charge in [-0.1, -0.05) is 48.5 Å². The smallest absolute Gasteiger partial charge is 0.222 e. The molecule has 4 heteroatoms. The number of fused-ring (bicyclic) bond motifs is 1. The van der Waals surface area contributed by atoms with Crippen LogP contribution in [-0.2, 0) is 22.4 Å². The number of carbonyl (C=O) groups is 2. The first-order valence-electron chi connectivity index (χ1n) is 9.76. The number of amides is 2. The minimum atomic E-state index is -0.320. The molecule has 0 radical (unpaired) electrons. The summed E-state index contributed by atoms with van der Waals surface area (Å²) < 4.78 is 0. The Bertz CT molecular complexity index is 801. The van der Waals surface area contributed by atoms with Gasteiger partial charge in [-0.3, -0.25) is 9.59 Å². The highest BCUT2D eigenvalue weighted by Crippen LogP contribution is 2.25. The van der Waals surface area contributed by atoms with Gasteiger partial charge in [0.15, 0.2) is 0 Å². The van der Waals surface area contributed by atoms with E-state index in [1.165, 1.54) is 30.9 Å². The second-order valence-corrected chi connectivity index (χ2v) is 7.39. The van der Waals surface area contributed by atoms with Crippen LogP contribution in [0.25, 0.3) is 0 Å². The summed E-state index contributed by atoms with van der Waals surface area (Å²) in [4.78, 5) is 24.2. The molecule has 142 valence electrons. The molecule has 2 N–H and O–H groups in total. The van der Waals surface area contributed by atoms with Crippen molar-refractivity contribution in [3.05, 3.63) is 70.8 Å². The van der Waals surface area contributed by atoms with Crippen LogP contribution in [0.2, 0.25) is 0 Å². The predicted molar refractivity (Wildman–Crippen MR) is 107 cm³/mol. The molecule has 0 spiro atoms. The maximum atomic E-state index is 12.6. The predicted octanol–water partition coefficient (Wildman–Crippen LogP) is 4.01. The lowest BCUT2D eigenvalue weighted by Crippen LogP contribution is -2.33. The highest BCUT2D eigenvalue weighted by molar-refractivity contribution is 5.79. The highest BCUT2D eigenvalue weighted by atomic mass is 16.2. The number of benzene rings is 2. The molecule has 4 nitrogen and oxygen atoms in total. The Labute approximate surface area is 161 Å². The number of aryl methyl sites for hydroxylation is 2. The Hall–Kier alpha value is -2.62. The first kappa shape index (κ1) is 19.2. The normalized spacial score (nSPS) is 15.3. The van der Waals surface area contributed by atoms with E-state index >= 15 is 0 Å². The fourth-order valence-electron chi connectivity index (χ4n) is 3.77. The lowest BCUT2D eigenvalue weighted by Gasteiger charge is -2.22. The largest absolute Gasteiger partial charge is 0.350 e. The average molecular weight is 364 g/mol. The van der Waals surface area contributed by atoms with Gasteiger partial charge in [0, 0.05) is 6.92 Å². The Balaban J connectivity index is 1.65. The minimum Gasteiger partial charge on any atom is -0.350 e. The maximum absolute atomic E-state index is 12.6. The molecule has 0 fully saturated rings. The van der Waals surface area contributed by atoms with Crippen molar-refractivity contribution in [2.24, 2.45) is 0 Å². The number of carbonyl (C=O) groups excluding carboxylic acids is 2. The number of hydrogen-bond acceptors (Lipinski definition) is 2. The van der Waals surface area contributed by atoms with E-state index in [0.29, 0.717) is 0 Å². The van der Waals surface area contributed by atoms with Gasteiger partial charge in [0.25, 0.3) is 0 Å². The van der Waals surface area contributed by atoms with Gasteiger partial charge in [0.1, 0.15) is 0 Å². The first-order valence-corrected chi connectivity index (χ1v) is 9.76. The van der Waals surface area contributed by atoms with Gasteiger partial charge in [0.2, 0.25) is 11.8 Å². The van der Waals surface area contributed by atoms with Crippen molar-refractivity contribution in [1.29, 1.82) is 0 Å². The quantitative estimate of drug-likeness (QED) is 0.814. The fraction of sp³-hybridized carbons (Fsp3) is 0.391. The Kier molecular flexibility index (Phi) is 6.28. The highest BCUT2D eigenvalue weighted by Gasteiger charge is 2.19. The van der Waals surface area contributed by atoms with E-state index in [4.69, 9.17) is 0 Å². The van der Waals surface area contributed by atoms with Crippen LogP contribution >= 0.6 is 0 Å². The van der Waals surface area contributed by atoms with Gasteiger partial charge in [0.05, 0.1) is 18.5 Å². The molecule has 0 aliphatic heterocycles. The minimum absolute atomic E-state index is 0.0570. The zero-order valence-electron chi connectivity index (χ0n) is 16.1. The molecule has 2 amide bonds. The zero-order chi connectivity index (χ0) is 19.2. The summed E-state index contributed by atoms with van der Waals surface area (Å²) in [6.45, 7) is 3.49. The Morgan fingerprint density at radius 3 is 2.33 bits per heavy atom. The van der Waals surface area contributed by atoms with Crippen molar-refractivity contribution in [2.75, 3.05) is 0 Å². The molecule has 2 aromatic rings. The van der Waals surface area contributed by atoms with Crippen LogP contribution in [0, 0.1) is 0 Å². The van der Waals surface area contributed by atoms with Crippen molar-refractivity contribution in [3.8, 4) is 0 Å². The van der Waals surface area contributed by atoms with E-state index in [1.807, 2.05) is 37.3 Å². The van der Waals surface area contributed by atoms with Gasteiger partial charge in [-0.15, -0.1) is 0 Å². The third kappa shape index (κ3) is 5.19. The van der Waals surface area contributed by atoms with Crippen LogP contribution in [-0.4, -0.2) is 11.8 Å². The molecule has 3 rings (SSSR count). The van der Waals surface area contributed by atoms with Crippen LogP contribution in [0.5, 0.6) is 0 Å². The summed E-state index contributed by atoms with van der Waals surface area (Å²) >= 11 is 0. The van der Waals surface area contributed by atoms with Gasteiger partial charge in [-0.2, -0.15) is 0 Å². The molecule has 0 aromatic heterocycles. The second-order valence-electron chi connectivity index (χ2n) is 7.39. The molecular formula is C23H28N2O2. The summed E-state index contributed by atoms with van der Waals surface area (Å²) in [7, 11) is 0. The molecule has 0 saturated carbocycles. The molecule has 1 aliphatic rings. The third-order valence-electron chi connectivity index (χ3n) is 5.22. The second kappa shape index (κ2) is 8.85. The van der Waals surface area contributed by atoms with Gasteiger partial charge < -0.3 is 10.6 Å². The van der Waals surface area contributed by atoms with Gasteiger partial charge in [-0.05, 0) is 54.9 Å². The van der Waals surface area contributed by atoms with E-state index in [0.717, 1.165) is 24.0 Å². The van der Waals surface area contributed by atoms with Crippen LogP contribution in [0.1, 0.15) is 67.4 Å². The topological polar surface area (TPSA) is 58.2 Å². The molecule has 0 heterocycles. The lowest BCUT2D eigenvalue weighted by atomic mass is 9.89. The van der Waals surface area contributed by atoms with Crippen molar-refractivity contribution >= 4 is 11.8 Å². The molecule has 1 aliphatic carbocycles. The van der Waals surface area contributed by atoms with Gasteiger partial charge in [-0.25, -0.2) is 0 Å². The monoisotopic (exact) mass is 364 g/mol.